The molecule has 0 fully saturated rings. The Morgan fingerprint density at radius 3 is 0.968 bits per heavy atom. The molecular formula is C60H43NSi. The summed E-state index contributed by atoms with van der Waals surface area (Å²) in [6.45, 7) is 0. The van der Waals surface area contributed by atoms with E-state index in [1.807, 2.05) is 0 Å². The van der Waals surface area contributed by atoms with Gasteiger partial charge in [0.25, 0.3) is 0 Å². The third-order valence-electron chi connectivity index (χ3n) is 12.6. The summed E-state index contributed by atoms with van der Waals surface area (Å²) in [5.41, 5.74) is 15.7. The number of anilines is 3. The first-order valence-electron chi connectivity index (χ1n) is 21.4. The molecule has 0 amide bonds. The summed E-state index contributed by atoms with van der Waals surface area (Å²) in [5.74, 6) is 0. The van der Waals surface area contributed by atoms with Crippen molar-refractivity contribution in [2.24, 2.45) is 0 Å². The summed E-state index contributed by atoms with van der Waals surface area (Å²) >= 11 is 0. The van der Waals surface area contributed by atoms with Crippen molar-refractivity contribution < 1.29 is 0 Å². The van der Waals surface area contributed by atoms with Gasteiger partial charge in [-0.05, 0) is 119 Å². The van der Waals surface area contributed by atoms with Gasteiger partial charge in [-0.2, -0.15) is 0 Å². The Morgan fingerprint density at radius 2 is 0.532 bits per heavy atom. The molecule has 11 rings (SSSR count). The van der Waals surface area contributed by atoms with Crippen LogP contribution in [0, 0.1) is 0 Å². The van der Waals surface area contributed by atoms with Crippen molar-refractivity contribution in [3.63, 3.8) is 0 Å². The molecule has 2 heteroatoms. The van der Waals surface area contributed by atoms with E-state index in [1.165, 1.54) is 76.4 Å². The topological polar surface area (TPSA) is 3.24 Å². The zero-order chi connectivity index (χ0) is 41.3. The second kappa shape index (κ2) is 16.0. The Bertz CT molecular complexity index is 3070. The van der Waals surface area contributed by atoms with Gasteiger partial charge >= 0.3 is 0 Å². The van der Waals surface area contributed by atoms with Crippen molar-refractivity contribution >= 4 is 45.9 Å². The molecule has 1 aliphatic heterocycles. The maximum atomic E-state index is 2.44. The summed E-state index contributed by atoms with van der Waals surface area (Å²) in [7, 11) is -2.52. The first kappa shape index (κ1) is 37.2. The highest BCUT2D eigenvalue weighted by atomic mass is 28.3. The van der Waals surface area contributed by atoms with Crippen LogP contribution in [0.15, 0.2) is 261 Å². The van der Waals surface area contributed by atoms with Gasteiger partial charge in [0, 0.05) is 17.1 Å². The van der Waals surface area contributed by atoms with Gasteiger partial charge in [0.1, 0.15) is 0 Å². The van der Waals surface area contributed by atoms with Crippen LogP contribution in [0.5, 0.6) is 0 Å². The van der Waals surface area contributed by atoms with Crippen LogP contribution >= 0.6 is 0 Å². The predicted molar refractivity (Wildman–Crippen MR) is 265 cm³/mol. The lowest BCUT2D eigenvalue weighted by Crippen LogP contribution is -2.72. The maximum absolute atomic E-state index is 2.52. The van der Waals surface area contributed by atoms with Crippen LogP contribution in [0.3, 0.4) is 0 Å². The van der Waals surface area contributed by atoms with Crippen molar-refractivity contribution in [1.82, 2.24) is 0 Å². The molecule has 0 spiro atoms. The molecular weight excluding hydrogens is 763 g/mol. The monoisotopic (exact) mass is 805 g/mol. The molecule has 0 aliphatic carbocycles. The number of hydrogen-bond acceptors (Lipinski definition) is 1. The van der Waals surface area contributed by atoms with Crippen LogP contribution in [-0.4, -0.2) is 8.07 Å². The first-order valence-corrected chi connectivity index (χ1v) is 23.4. The minimum absolute atomic E-state index is 1.10. The molecule has 62 heavy (non-hydrogen) atoms. The smallest absolute Gasteiger partial charge is 0.180 e. The second-order valence-corrected chi connectivity index (χ2v) is 19.8. The standard InChI is InChI=1S/C60H43NSi/c1-5-15-44(16-6-1)46-25-27-47(28-26-46)49-31-38-53(39-32-49)61(52-36-29-48(30-37-52)45-17-7-2-8-18-45)54-40-33-50(34-41-54)51-35-42-60-58(43-51)57-23-13-14-24-59(57)62(60,55-19-9-3-10-20-55)56-21-11-4-12-22-56/h1-43H. The molecule has 10 aromatic carbocycles. The zero-order valence-corrected chi connectivity index (χ0v) is 35.3. The van der Waals surface area contributed by atoms with Gasteiger partial charge < -0.3 is 4.90 Å². The molecule has 0 radical (unpaired) electrons. The normalized spacial score (nSPS) is 12.3. The van der Waals surface area contributed by atoms with Crippen LogP contribution in [0.4, 0.5) is 17.1 Å². The molecule has 0 N–H and O–H groups in total. The molecule has 0 saturated heterocycles. The SMILES string of the molecule is c1ccc(-c2ccc(-c3ccc(N(c4ccc(-c5ccccc5)cc4)c4ccc(-c5ccc6c(c5)-c5ccccc5[Si]6(c5ccccc5)c5ccccc5)cc4)cc3)cc2)cc1. The lowest BCUT2D eigenvalue weighted by molar-refractivity contribution is 1.28. The Kier molecular flexibility index (Phi) is 9.61. The largest absolute Gasteiger partial charge is 0.311 e. The average molecular weight is 806 g/mol. The van der Waals surface area contributed by atoms with Crippen LogP contribution in [-0.2, 0) is 0 Å². The van der Waals surface area contributed by atoms with E-state index in [0.29, 0.717) is 0 Å². The van der Waals surface area contributed by atoms with Gasteiger partial charge in [0.2, 0.25) is 0 Å². The van der Waals surface area contributed by atoms with Crippen LogP contribution in [0.25, 0.3) is 55.6 Å². The minimum Gasteiger partial charge on any atom is -0.311 e. The fraction of sp³-hybridized carbons (Fsp3) is 0. The molecule has 1 heterocycles. The van der Waals surface area contributed by atoms with Crippen molar-refractivity contribution in [3.8, 4) is 55.6 Å². The number of nitrogens with zero attached hydrogens (tertiary/aromatic N) is 1. The summed E-state index contributed by atoms with van der Waals surface area (Å²) in [5, 5.41) is 5.75. The molecule has 0 atom stereocenters. The molecule has 0 bridgehead atoms. The molecule has 292 valence electrons. The lowest BCUT2D eigenvalue weighted by atomic mass is 9.98. The zero-order valence-electron chi connectivity index (χ0n) is 34.3. The maximum Gasteiger partial charge on any atom is 0.180 e. The molecule has 0 aromatic heterocycles. The van der Waals surface area contributed by atoms with Gasteiger partial charge in [-0.15, -0.1) is 0 Å². The summed E-state index contributed by atoms with van der Waals surface area (Å²) in [6.07, 6.45) is 0. The lowest BCUT2D eigenvalue weighted by Gasteiger charge is -2.31. The van der Waals surface area contributed by atoms with E-state index in [1.54, 1.807) is 0 Å². The Labute approximate surface area is 365 Å². The van der Waals surface area contributed by atoms with E-state index in [2.05, 4.69) is 266 Å². The van der Waals surface area contributed by atoms with Crippen LogP contribution in [0.2, 0.25) is 0 Å². The van der Waals surface area contributed by atoms with E-state index >= 15 is 0 Å². The Balaban J connectivity index is 0.961. The average Bonchev–Trinajstić information content (AvgIpc) is 3.66. The number of rotatable bonds is 9. The third-order valence-corrected chi connectivity index (χ3v) is 17.5. The number of fused-ring (bicyclic) bond motifs is 3. The Morgan fingerprint density at radius 1 is 0.226 bits per heavy atom. The second-order valence-electron chi connectivity index (χ2n) is 16.1. The van der Waals surface area contributed by atoms with Gasteiger partial charge in [-0.3, -0.25) is 0 Å². The van der Waals surface area contributed by atoms with E-state index in [-0.39, 0.29) is 0 Å². The van der Waals surface area contributed by atoms with Crippen LogP contribution < -0.4 is 25.6 Å². The fourth-order valence-corrected chi connectivity index (χ4v) is 14.8. The highest BCUT2D eigenvalue weighted by molar-refractivity contribution is 7.22. The van der Waals surface area contributed by atoms with E-state index < -0.39 is 8.07 Å². The predicted octanol–water partition coefficient (Wildman–Crippen LogP) is 13.2. The number of benzene rings is 10. The highest BCUT2D eigenvalue weighted by Crippen LogP contribution is 2.39. The van der Waals surface area contributed by atoms with E-state index in [9.17, 15) is 0 Å². The first-order chi connectivity index (χ1) is 30.7. The highest BCUT2D eigenvalue weighted by Gasteiger charge is 2.48. The van der Waals surface area contributed by atoms with Crippen molar-refractivity contribution in [2.45, 2.75) is 0 Å². The van der Waals surface area contributed by atoms with Crippen molar-refractivity contribution in [1.29, 1.82) is 0 Å². The van der Waals surface area contributed by atoms with Gasteiger partial charge in [-0.25, -0.2) is 0 Å². The fourth-order valence-electron chi connectivity index (χ4n) is 9.60. The van der Waals surface area contributed by atoms with E-state index in [0.717, 1.165) is 17.1 Å². The quantitative estimate of drug-likeness (QED) is 0.131. The molecule has 1 aliphatic rings. The number of hydrogen-bond donors (Lipinski definition) is 0. The van der Waals surface area contributed by atoms with Crippen LogP contribution in [0.1, 0.15) is 0 Å². The minimum atomic E-state index is -2.52. The van der Waals surface area contributed by atoms with Crippen molar-refractivity contribution in [3.05, 3.63) is 261 Å². The molecule has 1 nitrogen and oxygen atoms in total. The van der Waals surface area contributed by atoms with Gasteiger partial charge in [0.15, 0.2) is 8.07 Å². The summed E-state index contributed by atoms with van der Waals surface area (Å²) < 4.78 is 0. The molecule has 0 unspecified atom stereocenters. The molecule has 0 saturated carbocycles. The summed E-state index contributed by atoms with van der Waals surface area (Å²) in [4.78, 5) is 2.36. The van der Waals surface area contributed by atoms with Crippen molar-refractivity contribution in [2.75, 3.05) is 4.90 Å². The summed E-state index contributed by atoms with van der Waals surface area (Å²) in [6, 6.07) is 95.8. The van der Waals surface area contributed by atoms with E-state index in [4.69, 9.17) is 0 Å². The Hall–Kier alpha value is -7.78. The van der Waals surface area contributed by atoms with Gasteiger partial charge in [0.05, 0.1) is 0 Å². The molecule has 10 aromatic rings. The van der Waals surface area contributed by atoms with Gasteiger partial charge in [-0.1, -0.05) is 218 Å². The third kappa shape index (κ3) is 6.59.